The van der Waals surface area contributed by atoms with Gasteiger partial charge in [0.15, 0.2) is 0 Å². The lowest BCUT2D eigenvalue weighted by Crippen LogP contribution is -2.44. The van der Waals surface area contributed by atoms with Gasteiger partial charge in [0.05, 0.1) is 22.2 Å². The quantitative estimate of drug-likeness (QED) is 0.304. The average molecular weight is 503 g/mol. The number of hydrogen-bond acceptors (Lipinski definition) is 4. The van der Waals surface area contributed by atoms with E-state index in [0.717, 1.165) is 48.6 Å². The molecule has 4 rings (SSSR count). The summed E-state index contributed by atoms with van der Waals surface area (Å²) in [5, 5.41) is 20.4. The van der Waals surface area contributed by atoms with Crippen molar-refractivity contribution in [2.24, 2.45) is 5.41 Å². The molecule has 1 amide bonds. The van der Waals surface area contributed by atoms with Gasteiger partial charge >= 0.3 is 11.9 Å². The molecule has 1 fully saturated rings. The molecule has 194 valence electrons. The van der Waals surface area contributed by atoms with Gasteiger partial charge in [0.25, 0.3) is 0 Å². The summed E-state index contributed by atoms with van der Waals surface area (Å²) in [7, 11) is 0. The molecule has 1 aliphatic rings. The van der Waals surface area contributed by atoms with Gasteiger partial charge in [-0.1, -0.05) is 62.9 Å². The number of unbranched alkanes of at least 4 members (excludes halogenated alkanes) is 2. The minimum absolute atomic E-state index is 0.000164. The first-order chi connectivity index (χ1) is 17.8. The summed E-state index contributed by atoms with van der Waals surface area (Å²) in [4.78, 5) is 43.5. The van der Waals surface area contributed by atoms with E-state index in [2.05, 4.69) is 11.9 Å². The Morgan fingerprint density at radius 1 is 0.973 bits per heavy atom. The molecule has 2 N–H and O–H groups in total. The predicted molar refractivity (Wildman–Crippen MR) is 142 cm³/mol. The fourth-order valence-electron chi connectivity index (χ4n) is 5.31. The SMILES string of the molecule is CCCCCC(=O)N(Cc1ccc2nc(-c3ccccc3C(=O)O)ccc2c1)CC1(C(=O)O)CCCC1. The van der Waals surface area contributed by atoms with Crippen LogP contribution >= 0.6 is 0 Å². The number of aromatic nitrogens is 1. The van der Waals surface area contributed by atoms with Crippen LogP contribution in [-0.4, -0.2) is 44.5 Å². The van der Waals surface area contributed by atoms with Crippen molar-refractivity contribution in [1.29, 1.82) is 0 Å². The van der Waals surface area contributed by atoms with Gasteiger partial charge in [-0.05, 0) is 49.1 Å². The van der Waals surface area contributed by atoms with E-state index < -0.39 is 17.4 Å². The highest BCUT2D eigenvalue weighted by Gasteiger charge is 2.43. The second-order valence-electron chi connectivity index (χ2n) is 10.1. The van der Waals surface area contributed by atoms with E-state index in [4.69, 9.17) is 0 Å². The number of carbonyl (C=O) groups is 3. The van der Waals surface area contributed by atoms with Crippen LogP contribution in [0.1, 0.15) is 74.2 Å². The van der Waals surface area contributed by atoms with E-state index in [-0.39, 0.29) is 18.0 Å². The second-order valence-corrected chi connectivity index (χ2v) is 10.1. The standard InChI is InChI=1S/C30H34N2O5/c1-2-3-4-11-27(33)32(20-30(29(36)37)16-7-8-17-30)19-21-12-14-25-22(18-21)13-15-26(31-25)23-9-5-6-10-24(23)28(34)35/h5-6,9-10,12-15,18H,2-4,7-8,11,16-17,19-20H2,1H3,(H,34,35)(H,36,37). The predicted octanol–water partition coefficient (Wildman–Crippen LogP) is 6.15. The zero-order valence-electron chi connectivity index (χ0n) is 21.3. The Bertz CT molecular complexity index is 1300. The van der Waals surface area contributed by atoms with Crippen LogP contribution in [0.5, 0.6) is 0 Å². The van der Waals surface area contributed by atoms with Crippen molar-refractivity contribution < 1.29 is 24.6 Å². The van der Waals surface area contributed by atoms with Crippen LogP contribution in [0.4, 0.5) is 0 Å². The van der Waals surface area contributed by atoms with Gasteiger partial charge < -0.3 is 15.1 Å². The number of benzene rings is 2. The van der Waals surface area contributed by atoms with E-state index in [0.29, 0.717) is 37.1 Å². The Kier molecular flexibility index (Phi) is 8.21. The lowest BCUT2D eigenvalue weighted by atomic mass is 9.85. The molecule has 1 aliphatic carbocycles. The van der Waals surface area contributed by atoms with Gasteiger partial charge in [0.1, 0.15) is 0 Å². The largest absolute Gasteiger partial charge is 0.481 e. The first-order valence-electron chi connectivity index (χ1n) is 13.1. The van der Waals surface area contributed by atoms with Gasteiger partial charge in [-0.25, -0.2) is 9.78 Å². The lowest BCUT2D eigenvalue weighted by Gasteiger charge is -2.32. The molecule has 0 saturated heterocycles. The van der Waals surface area contributed by atoms with Crippen molar-refractivity contribution in [3.05, 3.63) is 65.7 Å². The summed E-state index contributed by atoms with van der Waals surface area (Å²) in [6.45, 7) is 2.67. The summed E-state index contributed by atoms with van der Waals surface area (Å²) >= 11 is 0. The van der Waals surface area contributed by atoms with Crippen molar-refractivity contribution >= 4 is 28.7 Å². The van der Waals surface area contributed by atoms with E-state index in [1.54, 1.807) is 35.2 Å². The van der Waals surface area contributed by atoms with Gasteiger partial charge in [-0.3, -0.25) is 9.59 Å². The Morgan fingerprint density at radius 3 is 2.43 bits per heavy atom. The number of amides is 1. The zero-order valence-corrected chi connectivity index (χ0v) is 21.3. The topological polar surface area (TPSA) is 108 Å². The fraction of sp³-hybridized carbons (Fsp3) is 0.400. The van der Waals surface area contributed by atoms with Crippen LogP contribution in [0.15, 0.2) is 54.6 Å². The van der Waals surface area contributed by atoms with Crippen LogP contribution in [0, 0.1) is 5.41 Å². The molecule has 1 aromatic heterocycles. The van der Waals surface area contributed by atoms with E-state index >= 15 is 0 Å². The molecular formula is C30H34N2O5. The third-order valence-electron chi connectivity index (χ3n) is 7.42. The Hall–Kier alpha value is -3.74. The zero-order chi connectivity index (χ0) is 26.4. The molecule has 0 spiro atoms. The molecule has 3 aromatic rings. The molecule has 1 saturated carbocycles. The molecular weight excluding hydrogens is 468 g/mol. The molecule has 0 unspecified atom stereocenters. The summed E-state index contributed by atoms with van der Waals surface area (Å²) in [6, 6.07) is 16.3. The maximum absolute atomic E-state index is 13.2. The first kappa shape index (κ1) is 26.3. The number of carboxylic acid groups (broad SMARTS) is 2. The second kappa shape index (κ2) is 11.5. The van der Waals surface area contributed by atoms with E-state index in [1.807, 2.05) is 24.3 Å². The van der Waals surface area contributed by atoms with Gasteiger partial charge in [-0.15, -0.1) is 0 Å². The summed E-state index contributed by atoms with van der Waals surface area (Å²) in [5.74, 6) is -1.81. The molecule has 0 atom stereocenters. The van der Waals surface area contributed by atoms with Crippen molar-refractivity contribution in [1.82, 2.24) is 9.88 Å². The number of nitrogens with zero attached hydrogens (tertiary/aromatic N) is 2. The number of aromatic carboxylic acids is 1. The van der Waals surface area contributed by atoms with Gasteiger partial charge in [-0.2, -0.15) is 0 Å². The molecule has 37 heavy (non-hydrogen) atoms. The van der Waals surface area contributed by atoms with Crippen molar-refractivity contribution in [3.63, 3.8) is 0 Å². The highest BCUT2D eigenvalue weighted by atomic mass is 16.4. The highest BCUT2D eigenvalue weighted by Crippen LogP contribution is 2.39. The molecule has 0 radical (unpaired) electrons. The molecule has 7 heteroatoms. The maximum Gasteiger partial charge on any atom is 0.336 e. The number of aliphatic carboxylic acids is 1. The average Bonchev–Trinajstić information content (AvgIpc) is 3.38. The number of hydrogen-bond donors (Lipinski definition) is 2. The monoisotopic (exact) mass is 502 g/mol. The Labute approximate surface area is 217 Å². The third kappa shape index (κ3) is 5.98. The number of pyridine rings is 1. The molecule has 7 nitrogen and oxygen atoms in total. The molecule has 1 heterocycles. The van der Waals surface area contributed by atoms with Crippen molar-refractivity contribution in [2.75, 3.05) is 6.54 Å². The summed E-state index contributed by atoms with van der Waals surface area (Å²) in [5.41, 5.74) is 2.10. The Balaban J connectivity index is 1.60. The number of rotatable bonds is 11. The van der Waals surface area contributed by atoms with Gasteiger partial charge in [0.2, 0.25) is 5.91 Å². The van der Waals surface area contributed by atoms with Crippen LogP contribution in [0.25, 0.3) is 22.2 Å². The normalized spacial score (nSPS) is 14.5. The highest BCUT2D eigenvalue weighted by molar-refractivity contribution is 5.96. The number of carboxylic acids is 2. The van der Waals surface area contributed by atoms with E-state index in [9.17, 15) is 24.6 Å². The maximum atomic E-state index is 13.2. The summed E-state index contributed by atoms with van der Waals surface area (Å²) < 4.78 is 0. The fourth-order valence-corrected chi connectivity index (χ4v) is 5.31. The number of fused-ring (bicyclic) bond motifs is 1. The summed E-state index contributed by atoms with van der Waals surface area (Å²) in [6.07, 6.45) is 6.16. The van der Waals surface area contributed by atoms with Crippen molar-refractivity contribution in [2.45, 2.75) is 64.8 Å². The molecule has 0 bridgehead atoms. The Morgan fingerprint density at radius 2 is 1.73 bits per heavy atom. The van der Waals surface area contributed by atoms with Crippen LogP contribution in [-0.2, 0) is 16.1 Å². The molecule has 0 aliphatic heterocycles. The van der Waals surface area contributed by atoms with E-state index in [1.165, 1.54) is 0 Å². The molecule has 2 aromatic carbocycles. The minimum Gasteiger partial charge on any atom is -0.481 e. The van der Waals surface area contributed by atoms with Crippen LogP contribution in [0.2, 0.25) is 0 Å². The first-order valence-corrected chi connectivity index (χ1v) is 13.1. The van der Waals surface area contributed by atoms with Crippen LogP contribution in [0.3, 0.4) is 0 Å². The number of carbonyl (C=O) groups excluding carboxylic acids is 1. The van der Waals surface area contributed by atoms with Crippen LogP contribution < -0.4 is 0 Å². The lowest BCUT2D eigenvalue weighted by molar-refractivity contribution is -0.151. The third-order valence-corrected chi connectivity index (χ3v) is 7.42. The van der Waals surface area contributed by atoms with Gasteiger partial charge in [0, 0.05) is 30.5 Å². The minimum atomic E-state index is -1.00. The van der Waals surface area contributed by atoms with Crippen molar-refractivity contribution in [3.8, 4) is 11.3 Å². The smallest absolute Gasteiger partial charge is 0.336 e.